The Balaban J connectivity index is 2.47. The Labute approximate surface area is 119 Å². The molecule has 0 aliphatic carbocycles. The fourth-order valence-corrected chi connectivity index (χ4v) is 1.84. The average molecular weight is 297 g/mol. The monoisotopic (exact) mass is 297 g/mol. The van der Waals surface area contributed by atoms with Gasteiger partial charge in [0, 0.05) is 26.2 Å². The van der Waals surface area contributed by atoms with Crippen molar-refractivity contribution in [2.75, 3.05) is 20.3 Å². The number of methoxy groups -OCH3 is 1. The van der Waals surface area contributed by atoms with Crippen LogP contribution >= 0.6 is 0 Å². The zero-order valence-corrected chi connectivity index (χ0v) is 11.2. The molecule has 0 saturated heterocycles. The summed E-state index contributed by atoms with van der Waals surface area (Å²) in [5, 5.41) is 8.83. The number of aromatic nitrogens is 1. The maximum Gasteiger partial charge on any atom is 0.354 e. The molecule has 2 aromatic rings. The number of fused-ring (bicyclic) bond motifs is 1. The van der Waals surface area contributed by atoms with Gasteiger partial charge in [-0.15, -0.1) is 0 Å². The minimum atomic E-state index is -1.27. The smallest absolute Gasteiger partial charge is 0.354 e. The van der Waals surface area contributed by atoms with E-state index in [1.165, 1.54) is 13.2 Å². The van der Waals surface area contributed by atoms with Crippen LogP contribution in [0, 0.1) is 11.6 Å². The minimum Gasteiger partial charge on any atom is -0.493 e. The molecular weight excluding hydrogens is 284 g/mol. The number of halogens is 2. The molecule has 5 nitrogen and oxygen atoms in total. The summed E-state index contributed by atoms with van der Waals surface area (Å²) >= 11 is 0. The van der Waals surface area contributed by atoms with Gasteiger partial charge in [0.15, 0.2) is 17.3 Å². The van der Waals surface area contributed by atoms with Crippen molar-refractivity contribution in [2.45, 2.75) is 6.42 Å². The molecule has 0 fully saturated rings. The summed E-state index contributed by atoms with van der Waals surface area (Å²) in [5.41, 5.74) is -0.272. The summed E-state index contributed by atoms with van der Waals surface area (Å²) < 4.78 is 37.4. The number of ether oxygens (including phenoxy) is 2. The first kappa shape index (κ1) is 15.1. The summed E-state index contributed by atoms with van der Waals surface area (Å²) in [4.78, 5) is 14.8. The molecule has 0 saturated carbocycles. The van der Waals surface area contributed by atoms with Crippen molar-refractivity contribution in [3.63, 3.8) is 0 Å². The van der Waals surface area contributed by atoms with Gasteiger partial charge in [-0.05, 0) is 12.1 Å². The highest BCUT2D eigenvalue weighted by molar-refractivity contribution is 5.93. The molecule has 1 aromatic heterocycles. The summed E-state index contributed by atoms with van der Waals surface area (Å²) in [5.74, 6) is -3.48. The molecule has 0 bridgehead atoms. The highest BCUT2D eigenvalue weighted by Gasteiger charge is 2.17. The van der Waals surface area contributed by atoms with Gasteiger partial charge in [0.05, 0.1) is 17.5 Å². The van der Waals surface area contributed by atoms with Crippen molar-refractivity contribution in [1.82, 2.24) is 4.98 Å². The van der Waals surface area contributed by atoms with Crippen molar-refractivity contribution in [3.05, 3.63) is 35.5 Å². The third kappa shape index (κ3) is 3.25. The molecule has 1 aromatic carbocycles. The lowest BCUT2D eigenvalue weighted by molar-refractivity contribution is 0.0690. The molecule has 1 heterocycles. The lowest BCUT2D eigenvalue weighted by Gasteiger charge is -2.11. The normalized spacial score (nSPS) is 10.8. The number of rotatable bonds is 6. The van der Waals surface area contributed by atoms with Crippen LogP contribution in [0.2, 0.25) is 0 Å². The molecule has 21 heavy (non-hydrogen) atoms. The van der Waals surface area contributed by atoms with E-state index < -0.39 is 17.6 Å². The SMILES string of the molecule is COCCCOc1cc(C(=O)O)nc2ccc(F)c(F)c12. The number of carboxylic acids is 1. The molecule has 0 atom stereocenters. The zero-order valence-electron chi connectivity index (χ0n) is 11.2. The molecule has 0 amide bonds. The van der Waals surface area contributed by atoms with E-state index in [-0.39, 0.29) is 29.0 Å². The lowest BCUT2D eigenvalue weighted by atomic mass is 10.1. The van der Waals surface area contributed by atoms with Crippen LogP contribution in [-0.2, 0) is 4.74 Å². The second-order valence-corrected chi connectivity index (χ2v) is 4.26. The number of carbonyl (C=O) groups is 1. The molecule has 0 spiro atoms. The molecule has 0 aliphatic rings. The summed E-state index contributed by atoms with van der Waals surface area (Å²) in [6.45, 7) is 0.619. The molecule has 0 unspecified atom stereocenters. The maximum atomic E-state index is 13.9. The number of carboxylic acid groups (broad SMARTS) is 1. The van der Waals surface area contributed by atoms with E-state index in [1.807, 2.05) is 0 Å². The number of hydrogen-bond acceptors (Lipinski definition) is 4. The molecule has 2 rings (SSSR count). The van der Waals surface area contributed by atoms with E-state index in [0.717, 1.165) is 12.1 Å². The number of nitrogens with zero attached hydrogens (tertiary/aromatic N) is 1. The van der Waals surface area contributed by atoms with Gasteiger partial charge < -0.3 is 14.6 Å². The van der Waals surface area contributed by atoms with Crippen LogP contribution in [0.25, 0.3) is 10.9 Å². The predicted octanol–water partition coefficient (Wildman–Crippen LogP) is 2.63. The maximum absolute atomic E-state index is 13.9. The van der Waals surface area contributed by atoms with Gasteiger partial charge in [-0.25, -0.2) is 18.6 Å². The first-order chi connectivity index (χ1) is 10.0. The Morgan fingerprint density at radius 1 is 1.33 bits per heavy atom. The molecule has 1 N–H and O–H groups in total. The van der Waals surface area contributed by atoms with E-state index in [1.54, 1.807) is 0 Å². The Kier molecular flexibility index (Phi) is 4.64. The lowest BCUT2D eigenvalue weighted by Crippen LogP contribution is -2.06. The van der Waals surface area contributed by atoms with Crippen LogP contribution in [0.4, 0.5) is 8.78 Å². The van der Waals surface area contributed by atoms with Gasteiger partial charge in [-0.2, -0.15) is 0 Å². The topological polar surface area (TPSA) is 68.7 Å². The van der Waals surface area contributed by atoms with Crippen LogP contribution in [0.15, 0.2) is 18.2 Å². The van der Waals surface area contributed by atoms with Crippen LogP contribution in [0.1, 0.15) is 16.9 Å². The van der Waals surface area contributed by atoms with Crippen molar-refractivity contribution in [3.8, 4) is 5.75 Å². The number of aromatic carboxylic acids is 1. The second kappa shape index (κ2) is 6.45. The second-order valence-electron chi connectivity index (χ2n) is 4.26. The van der Waals surface area contributed by atoms with Crippen molar-refractivity contribution in [1.29, 1.82) is 0 Å². The number of pyridine rings is 1. The van der Waals surface area contributed by atoms with Gasteiger partial charge in [0.2, 0.25) is 0 Å². The van der Waals surface area contributed by atoms with Crippen LogP contribution < -0.4 is 4.74 Å². The molecular formula is C14H13F2NO4. The summed E-state index contributed by atoms with van der Waals surface area (Å²) in [7, 11) is 1.53. The Hall–Kier alpha value is -2.28. The Morgan fingerprint density at radius 2 is 2.10 bits per heavy atom. The largest absolute Gasteiger partial charge is 0.493 e. The average Bonchev–Trinajstić information content (AvgIpc) is 2.47. The summed E-state index contributed by atoms with van der Waals surface area (Å²) in [6.07, 6.45) is 0.527. The quantitative estimate of drug-likeness (QED) is 0.830. The van der Waals surface area contributed by atoms with Gasteiger partial charge >= 0.3 is 5.97 Å². The molecule has 112 valence electrons. The van der Waals surface area contributed by atoms with Gasteiger partial charge in [0.25, 0.3) is 0 Å². The minimum absolute atomic E-state index is 0.0236. The highest BCUT2D eigenvalue weighted by Crippen LogP contribution is 2.29. The van der Waals surface area contributed by atoms with E-state index in [4.69, 9.17) is 14.6 Å². The fraction of sp³-hybridized carbons (Fsp3) is 0.286. The fourth-order valence-electron chi connectivity index (χ4n) is 1.84. The standard InChI is InChI=1S/C14H13F2NO4/c1-20-5-2-6-21-11-7-10(14(18)19)17-9-4-3-8(15)13(16)12(9)11/h3-4,7H,2,5-6H2,1H3,(H,18,19). The van der Waals surface area contributed by atoms with E-state index in [0.29, 0.717) is 13.0 Å². The molecule has 0 radical (unpaired) electrons. The van der Waals surface area contributed by atoms with E-state index >= 15 is 0 Å². The van der Waals surface area contributed by atoms with Crippen molar-refractivity contribution in [2.24, 2.45) is 0 Å². The molecule has 0 aliphatic heterocycles. The predicted molar refractivity (Wildman–Crippen MR) is 70.6 cm³/mol. The third-order valence-corrected chi connectivity index (χ3v) is 2.80. The van der Waals surface area contributed by atoms with Crippen molar-refractivity contribution >= 4 is 16.9 Å². The van der Waals surface area contributed by atoms with Gasteiger partial charge in [-0.3, -0.25) is 0 Å². The van der Waals surface area contributed by atoms with E-state index in [2.05, 4.69) is 4.98 Å². The van der Waals surface area contributed by atoms with Crippen molar-refractivity contribution < 1.29 is 28.2 Å². The van der Waals surface area contributed by atoms with Crippen LogP contribution in [0.3, 0.4) is 0 Å². The number of hydrogen-bond donors (Lipinski definition) is 1. The summed E-state index contributed by atoms with van der Waals surface area (Å²) in [6, 6.07) is 3.19. The first-order valence-electron chi connectivity index (χ1n) is 6.18. The van der Waals surface area contributed by atoms with Gasteiger partial charge in [0.1, 0.15) is 5.75 Å². The number of benzene rings is 1. The first-order valence-corrected chi connectivity index (χ1v) is 6.18. The Bertz CT molecular complexity index is 676. The third-order valence-electron chi connectivity index (χ3n) is 2.80. The highest BCUT2D eigenvalue weighted by atomic mass is 19.2. The zero-order chi connectivity index (χ0) is 15.4. The van der Waals surface area contributed by atoms with Gasteiger partial charge in [-0.1, -0.05) is 0 Å². The molecule has 7 heteroatoms. The van der Waals surface area contributed by atoms with Crippen LogP contribution in [-0.4, -0.2) is 36.4 Å². The Morgan fingerprint density at radius 3 is 2.76 bits per heavy atom. The van der Waals surface area contributed by atoms with E-state index in [9.17, 15) is 13.6 Å². The van der Waals surface area contributed by atoms with Crippen LogP contribution in [0.5, 0.6) is 5.75 Å².